The van der Waals surface area contributed by atoms with Crippen molar-refractivity contribution in [2.45, 2.75) is 37.8 Å². The maximum Gasteiger partial charge on any atom is 0.271 e. The Labute approximate surface area is 181 Å². The van der Waals surface area contributed by atoms with E-state index < -0.39 is 10.0 Å². The summed E-state index contributed by atoms with van der Waals surface area (Å²) < 4.78 is 26.4. The van der Waals surface area contributed by atoms with E-state index in [1.54, 1.807) is 36.7 Å². The Morgan fingerprint density at radius 3 is 2.37 bits per heavy atom. The summed E-state index contributed by atoms with van der Waals surface area (Å²) >= 11 is 1.46. The number of amides is 1. The molecule has 0 fully saturated rings. The van der Waals surface area contributed by atoms with Crippen LogP contribution in [0, 0.1) is 0 Å². The predicted molar refractivity (Wildman–Crippen MR) is 119 cm³/mol. The van der Waals surface area contributed by atoms with Crippen LogP contribution < -0.4 is 5.32 Å². The molecular formula is C22H25N3O3S2. The Morgan fingerprint density at radius 2 is 1.73 bits per heavy atom. The van der Waals surface area contributed by atoms with Gasteiger partial charge in [-0.05, 0) is 37.1 Å². The van der Waals surface area contributed by atoms with Crippen LogP contribution in [0.25, 0.3) is 0 Å². The van der Waals surface area contributed by atoms with Gasteiger partial charge in [0.1, 0.15) is 5.69 Å². The lowest BCUT2D eigenvalue weighted by Gasteiger charge is -2.21. The molecule has 0 bridgehead atoms. The van der Waals surface area contributed by atoms with Gasteiger partial charge in [0, 0.05) is 31.4 Å². The normalized spacial score (nSPS) is 11.8. The summed E-state index contributed by atoms with van der Waals surface area (Å²) in [5.41, 5.74) is 2.36. The number of hydrogen-bond donors (Lipinski definition) is 1. The van der Waals surface area contributed by atoms with Crippen LogP contribution in [-0.2, 0) is 23.0 Å². The fraction of sp³-hybridized carbons (Fsp3) is 0.273. The molecule has 0 radical (unpaired) electrons. The minimum Gasteiger partial charge on any atom is -0.347 e. The molecule has 0 saturated heterocycles. The molecule has 3 rings (SSSR count). The third-order valence-electron chi connectivity index (χ3n) is 4.76. The smallest absolute Gasteiger partial charge is 0.271 e. The van der Waals surface area contributed by atoms with E-state index in [2.05, 4.69) is 10.3 Å². The molecule has 1 heterocycles. The summed E-state index contributed by atoms with van der Waals surface area (Å²) in [7, 11) is -1.95. The summed E-state index contributed by atoms with van der Waals surface area (Å²) in [6.45, 7) is 3.95. The van der Waals surface area contributed by atoms with Crippen LogP contribution >= 0.6 is 11.3 Å². The second-order valence-corrected chi connectivity index (χ2v) is 10.2. The van der Waals surface area contributed by atoms with Gasteiger partial charge in [0.2, 0.25) is 10.0 Å². The SMILES string of the molecule is CC(C)N(C)S(=O)(=O)c1ccc(CNC(=O)c2csc(Cc3ccccc3)n2)cc1. The summed E-state index contributed by atoms with van der Waals surface area (Å²) in [5.74, 6) is -0.248. The predicted octanol–water partition coefficient (Wildman–Crippen LogP) is 3.69. The lowest BCUT2D eigenvalue weighted by atomic mass is 10.2. The zero-order valence-electron chi connectivity index (χ0n) is 17.2. The topological polar surface area (TPSA) is 79.4 Å². The first kappa shape index (κ1) is 22.1. The van der Waals surface area contributed by atoms with E-state index in [4.69, 9.17) is 0 Å². The van der Waals surface area contributed by atoms with Gasteiger partial charge in [0.15, 0.2) is 0 Å². The van der Waals surface area contributed by atoms with Crippen molar-refractivity contribution in [2.24, 2.45) is 0 Å². The average Bonchev–Trinajstić information content (AvgIpc) is 3.21. The van der Waals surface area contributed by atoms with Gasteiger partial charge in [-0.2, -0.15) is 4.31 Å². The average molecular weight is 444 g/mol. The van der Waals surface area contributed by atoms with Crippen molar-refractivity contribution < 1.29 is 13.2 Å². The van der Waals surface area contributed by atoms with E-state index in [1.165, 1.54) is 15.6 Å². The summed E-state index contributed by atoms with van der Waals surface area (Å²) in [4.78, 5) is 17.1. The third kappa shape index (κ3) is 5.33. The van der Waals surface area contributed by atoms with Crippen molar-refractivity contribution in [1.82, 2.24) is 14.6 Å². The van der Waals surface area contributed by atoms with E-state index in [-0.39, 0.29) is 16.8 Å². The molecule has 6 nitrogen and oxygen atoms in total. The number of carbonyl (C=O) groups excluding carboxylic acids is 1. The quantitative estimate of drug-likeness (QED) is 0.576. The van der Waals surface area contributed by atoms with E-state index in [0.717, 1.165) is 16.1 Å². The number of aromatic nitrogens is 1. The number of rotatable bonds is 8. The fourth-order valence-electron chi connectivity index (χ4n) is 2.76. The number of benzene rings is 2. The summed E-state index contributed by atoms with van der Waals surface area (Å²) in [6, 6.07) is 16.4. The van der Waals surface area contributed by atoms with Crippen LogP contribution in [0.2, 0.25) is 0 Å². The van der Waals surface area contributed by atoms with Crippen molar-refractivity contribution in [3.05, 3.63) is 81.8 Å². The molecule has 1 N–H and O–H groups in total. The van der Waals surface area contributed by atoms with Crippen molar-refractivity contribution in [1.29, 1.82) is 0 Å². The van der Waals surface area contributed by atoms with E-state index in [9.17, 15) is 13.2 Å². The molecule has 30 heavy (non-hydrogen) atoms. The lowest BCUT2D eigenvalue weighted by Crippen LogP contribution is -2.33. The molecule has 0 unspecified atom stereocenters. The van der Waals surface area contributed by atoms with Gasteiger partial charge in [-0.3, -0.25) is 4.79 Å². The van der Waals surface area contributed by atoms with Gasteiger partial charge in [0.25, 0.3) is 5.91 Å². The minimum atomic E-state index is -3.52. The van der Waals surface area contributed by atoms with Crippen LogP contribution in [0.3, 0.4) is 0 Å². The molecule has 0 aliphatic rings. The first-order valence-electron chi connectivity index (χ1n) is 9.61. The van der Waals surface area contributed by atoms with E-state index in [0.29, 0.717) is 18.7 Å². The Kier molecular flexibility index (Phi) is 7.02. The molecule has 0 aliphatic carbocycles. The zero-order chi connectivity index (χ0) is 21.7. The monoisotopic (exact) mass is 443 g/mol. The van der Waals surface area contributed by atoms with Gasteiger partial charge in [-0.15, -0.1) is 11.3 Å². The molecule has 8 heteroatoms. The van der Waals surface area contributed by atoms with Crippen molar-refractivity contribution in [3.63, 3.8) is 0 Å². The third-order valence-corrected chi connectivity index (χ3v) is 7.66. The van der Waals surface area contributed by atoms with Crippen molar-refractivity contribution in [3.8, 4) is 0 Å². The Morgan fingerprint density at radius 1 is 1.07 bits per heavy atom. The van der Waals surface area contributed by atoms with Gasteiger partial charge in [-0.1, -0.05) is 42.5 Å². The van der Waals surface area contributed by atoms with Gasteiger partial charge in [0.05, 0.1) is 9.90 Å². The van der Waals surface area contributed by atoms with Crippen LogP contribution in [0.5, 0.6) is 0 Å². The van der Waals surface area contributed by atoms with Gasteiger partial charge < -0.3 is 5.32 Å². The highest BCUT2D eigenvalue weighted by Crippen LogP contribution is 2.18. The number of carbonyl (C=O) groups is 1. The second-order valence-electron chi connectivity index (χ2n) is 7.23. The fourth-order valence-corrected chi connectivity index (χ4v) is 4.94. The molecule has 2 aromatic carbocycles. The summed E-state index contributed by atoms with van der Waals surface area (Å²) in [5, 5.41) is 5.48. The van der Waals surface area contributed by atoms with Gasteiger partial charge >= 0.3 is 0 Å². The van der Waals surface area contributed by atoms with E-state index in [1.807, 2.05) is 44.2 Å². The second kappa shape index (κ2) is 9.51. The molecule has 158 valence electrons. The van der Waals surface area contributed by atoms with Crippen LogP contribution in [0.1, 0.15) is 40.5 Å². The van der Waals surface area contributed by atoms with Crippen molar-refractivity contribution >= 4 is 27.3 Å². The van der Waals surface area contributed by atoms with Crippen molar-refractivity contribution in [2.75, 3.05) is 7.05 Å². The molecule has 1 amide bonds. The maximum atomic E-state index is 12.5. The molecule has 1 aromatic heterocycles. The summed E-state index contributed by atoms with van der Waals surface area (Å²) in [6.07, 6.45) is 0.694. The molecule has 0 aliphatic heterocycles. The minimum absolute atomic E-state index is 0.126. The number of nitrogens with one attached hydrogen (secondary N) is 1. The highest BCUT2D eigenvalue weighted by Gasteiger charge is 2.22. The number of nitrogens with zero attached hydrogens (tertiary/aromatic N) is 2. The standard InChI is InChI=1S/C22H25N3O3S2/c1-16(2)25(3)30(27,28)19-11-9-18(10-12-19)14-23-22(26)20-15-29-21(24-20)13-17-7-5-4-6-8-17/h4-12,15-16H,13-14H2,1-3H3,(H,23,26). The highest BCUT2D eigenvalue weighted by molar-refractivity contribution is 7.89. The van der Waals surface area contributed by atoms with Crippen LogP contribution in [-0.4, -0.2) is 36.7 Å². The van der Waals surface area contributed by atoms with Crippen LogP contribution in [0.15, 0.2) is 64.9 Å². The zero-order valence-corrected chi connectivity index (χ0v) is 18.8. The Balaban J connectivity index is 1.59. The Hall–Kier alpha value is -2.55. The first-order chi connectivity index (χ1) is 14.3. The molecular weight excluding hydrogens is 418 g/mol. The molecule has 3 aromatic rings. The number of thiazole rings is 1. The first-order valence-corrected chi connectivity index (χ1v) is 11.9. The maximum absolute atomic E-state index is 12.5. The molecule has 0 atom stereocenters. The number of sulfonamides is 1. The molecule has 0 spiro atoms. The van der Waals surface area contributed by atoms with Gasteiger partial charge in [-0.25, -0.2) is 13.4 Å². The van der Waals surface area contributed by atoms with Crippen LogP contribution in [0.4, 0.5) is 0 Å². The molecule has 0 saturated carbocycles. The number of hydrogen-bond acceptors (Lipinski definition) is 5. The van der Waals surface area contributed by atoms with E-state index >= 15 is 0 Å². The largest absolute Gasteiger partial charge is 0.347 e. The Bertz CT molecular complexity index is 1090. The lowest BCUT2D eigenvalue weighted by molar-refractivity contribution is 0.0946. The highest BCUT2D eigenvalue weighted by atomic mass is 32.2.